The molecule has 98 valence electrons. The van der Waals surface area contributed by atoms with Crippen LogP contribution in [0.3, 0.4) is 0 Å². The van der Waals surface area contributed by atoms with Crippen LogP contribution in [0.2, 0.25) is 0 Å². The molecule has 0 aromatic heterocycles. The van der Waals surface area contributed by atoms with E-state index in [4.69, 9.17) is 14.7 Å². The number of ether oxygens (including phenoxy) is 2. The molecule has 1 aliphatic heterocycles. The standard InChI is InChI=1S/C8H14N2O6S/c1-5-7(16-6(2)11)3-4-8(15-5)9-17(13,14)10-12/h3-5,7-10,12H,1-2H3/t5-,7+,8?/m0/s1. The Morgan fingerprint density at radius 3 is 2.59 bits per heavy atom. The van der Waals surface area contributed by atoms with Gasteiger partial charge in [-0.2, -0.15) is 13.1 Å². The molecule has 0 bridgehead atoms. The lowest BCUT2D eigenvalue weighted by Crippen LogP contribution is -2.47. The van der Waals surface area contributed by atoms with Crippen LogP contribution in [0.4, 0.5) is 0 Å². The Labute approximate surface area is 98.7 Å². The fourth-order valence-corrected chi connectivity index (χ4v) is 1.79. The van der Waals surface area contributed by atoms with Gasteiger partial charge in [0.05, 0.1) is 6.10 Å². The third-order valence-corrected chi connectivity index (χ3v) is 2.78. The Bertz CT molecular complexity index is 406. The Kier molecular flexibility index (Phi) is 4.60. The van der Waals surface area contributed by atoms with Gasteiger partial charge in [0.25, 0.3) is 0 Å². The van der Waals surface area contributed by atoms with Gasteiger partial charge < -0.3 is 14.7 Å². The van der Waals surface area contributed by atoms with E-state index in [2.05, 4.69) is 0 Å². The number of carbonyl (C=O) groups excluding carboxylic acids is 1. The number of nitrogens with one attached hydrogen (secondary N) is 2. The lowest BCUT2D eigenvalue weighted by Gasteiger charge is -2.29. The fraction of sp³-hybridized carbons (Fsp3) is 0.625. The summed E-state index contributed by atoms with van der Waals surface area (Å²) in [7, 11) is -4.01. The van der Waals surface area contributed by atoms with Crippen LogP contribution in [0.1, 0.15) is 13.8 Å². The molecule has 0 radical (unpaired) electrons. The van der Waals surface area contributed by atoms with Crippen LogP contribution in [-0.4, -0.2) is 38.0 Å². The first kappa shape index (κ1) is 14.1. The molecule has 1 heterocycles. The molecule has 1 unspecified atom stereocenters. The first-order chi connectivity index (χ1) is 7.84. The van der Waals surface area contributed by atoms with E-state index in [1.54, 1.807) is 6.92 Å². The van der Waals surface area contributed by atoms with Gasteiger partial charge in [-0.1, -0.05) is 4.89 Å². The van der Waals surface area contributed by atoms with E-state index in [1.807, 2.05) is 4.72 Å². The van der Waals surface area contributed by atoms with Crippen molar-refractivity contribution in [3.8, 4) is 0 Å². The lowest BCUT2D eigenvalue weighted by molar-refractivity contribution is -0.153. The quantitative estimate of drug-likeness (QED) is 0.343. The number of carbonyl (C=O) groups is 1. The SMILES string of the molecule is CC(=O)O[C@@H]1C=CC(NS(=O)(=O)NO)O[C@H]1C. The number of esters is 1. The summed E-state index contributed by atoms with van der Waals surface area (Å²) in [5.74, 6) is -0.453. The molecule has 3 atom stereocenters. The molecule has 9 heteroatoms. The van der Waals surface area contributed by atoms with Crippen molar-refractivity contribution in [1.29, 1.82) is 0 Å². The molecule has 1 aliphatic rings. The normalized spacial score (nSPS) is 29.0. The van der Waals surface area contributed by atoms with Crippen LogP contribution in [-0.2, 0) is 24.5 Å². The second-order valence-corrected chi connectivity index (χ2v) is 4.86. The molecule has 0 aromatic carbocycles. The molecule has 17 heavy (non-hydrogen) atoms. The Morgan fingerprint density at radius 2 is 2.12 bits per heavy atom. The molecular formula is C8H14N2O6S. The maximum Gasteiger partial charge on any atom is 0.303 e. The summed E-state index contributed by atoms with van der Waals surface area (Å²) in [5.41, 5.74) is 0. The zero-order valence-corrected chi connectivity index (χ0v) is 10.1. The highest BCUT2D eigenvalue weighted by atomic mass is 32.2. The van der Waals surface area contributed by atoms with Gasteiger partial charge in [-0.25, -0.2) is 0 Å². The molecule has 0 fully saturated rings. The summed E-state index contributed by atoms with van der Waals surface area (Å²) in [4.78, 5) is 11.9. The van der Waals surface area contributed by atoms with Crippen LogP contribution < -0.4 is 9.61 Å². The van der Waals surface area contributed by atoms with Crippen molar-refractivity contribution in [2.75, 3.05) is 0 Å². The highest BCUT2D eigenvalue weighted by Gasteiger charge is 2.27. The topological polar surface area (TPSA) is 114 Å². The highest BCUT2D eigenvalue weighted by Crippen LogP contribution is 2.14. The van der Waals surface area contributed by atoms with Gasteiger partial charge in [0, 0.05) is 6.92 Å². The van der Waals surface area contributed by atoms with Crippen molar-refractivity contribution in [3.63, 3.8) is 0 Å². The van der Waals surface area contributed by atoms with Gasteiger partial charge in [-0.15, -0.1) is 0 Å². The molecule has 1 rings (SSSR count). The van der Waals surface area contributed by atoms with E-state index >= 15 is 0 Å². The van der Waals surface area contributed by atoms with Gasteiger partial charge in [0.1, 0.15) is 12.3 Å². The smallest absolute Gasteiger partial charge is 0.303 e. The predicted molar refractivity (Wildman–Crippen MR) is 56.0 cm³/mol. The first-order valence-corrected chi connectivity index (χ1v) is 6.26. The van der Waals surface area contributed by atoms with Gasteiger partial charge >= 0.3 is 16.2 Å². The maximum absolute atomic E-state index is 11.0. The van der Waals surface area contributed by atoms with Crippen molar-refractivity contribution >= 4 is 16.2 Å². The number of rotatable bonds is 4. The van der Waals surface area contributed by atoms with Crippen LogP contribution in [0.25, 0.3) is 0 Å². The molecule has 0 aliphatic carbocycles. The second kappa shape index (κ2) is 5.56. The summed E-state index contributed by atoms with van der Waals surface area (Å²) in [6.07, 6.45) is 0.898. The van der Waals surface area contributed by atoms with E-state index < -0.39 is 34.6 Å². The van der Waals surface area contributed by atoms with E-state index in [0.717, 1.165) is 4.89 Å². The zero-order valence-electron chi connectivity index (χ0n) is 9.28. The lowest BCUT2D eigenvalue weighted by atomic mass is 10.1. The zero-order chi connectivity index (χ0) is 13.1. The minimum atomic E-state index is -4.01. The Balaban J connectivity index is 2.63. The molecular weight excluding hydrogens is 252 g/mol. The van der Waals surface area contributed by atoms with Crippen LogP contribution >= 0.6 is 0 Å². The van der Waals surface area contributed by atoms with E-state index in [9.17, 15) is 13.2 Å². The Hall–Kier alpha value is -1.00. The largest absolute Gasteiger partial charge is 0.456 e. The number of hydrogen-bond acceptors (Lipinski definition) is 6. The monoisotopic (exact) mass is 266 g/mol. The maximum atomic E-state index is 11.0. The van der Waals surface area contributed by atoms with Crippen molar-refractivity contribution in [1.82, 2.24) is 9.61 Å². The van der Waals surface area contributed by atoms with Crippen molar-refractivity contribution < 1.29 is 27.9 Å². The summed E-state index contributed by atoms with van der Waals surface area (Å²) in [6, 6.07) is 0. The predicted octanol–water partition coefficient (Wildman–Crippen LogP) is -0.968. The molecule has 8 nitrogen and oxygen atoms in total. The van der Waals surface area contributed by atoms with Crippen molar-refractivity contribution in [2.24, 2.45) is 0 Å². The summed E-state index contributed by atoms with van der Waals surface area (Å²) >= 11 is 0. The molecule has 3 N–H and O–H groups in total. The van der Waals surface area contributed by atoms with Gasteiger partial charge in [-0.05, 0) is 19.1 Å². The van der Waals surface area contributed by atoms with Crippen molar-refractivity contribution in [3.05, 3.63) is 12.2 Å². The Morgan fingerprint density at radius 1 is 1.47 bits per heavy atom. The highest BCUT2D eigenvalue weighted by molar-refractivity contribution is 7.87. The molecule has 0 saturated carbocycles. The first-order valence-electron chi connectivity index (χ1n) is 4.78. The summed E-state index contributed by atoms with van der Waals surface area (Å²) in [5, 5.41) is 8.31. The van der Waals surface area contributed by atoms with Crippen molar-refractivity contribution in [2.45, 2.75) is 32.3 Å². The van der Waals surface area contributed by atoms with E-state index in [1.165, 1.54) is 19.1 Å². The summed E-state index contributed by atoms with van der Waals surface area (Å²) < 4.78 is 34.1. The number of hydrogen-bond donors (Lipinski definition) is 3. The van der Waals surface area contributed by atoms with Gasteiger partial charge in [-0.3, -0.25) is 4.79 Å². The van der Waals surface area contributed by atoms with Crippen LogP contribution in [0.15, 0.2) is 12.2 Å². The fourth-order valence-electron chi connectivity index (χ4n) is 1.29. The third-order valence-electron chi connectivity index (χ3n) is 1.99. The average Bonchev–Trinajstić information content (AvgIpc) is 2.21. The minimum Gasteiger partial charge on any atom is -0.456 e. The molecule has 0 spiro atoms. The molecule has 0 aromatic rings. The summed E-state index contributed by atoms with van der Waals surface area (Å²) in [6.45, 7) is 2.90. The molecule has 0 amide bonds. The average molecular weight is 266 g/mol. The minimum absolute atomic E-state index is 0.453. The van der Waals surface area contributed by atoms with Crippen LogP contribution in [0, 0.1) is 0 Å². The van der Waals surface area contributed by atoms with Gasteiger partial charge in [0.15, 0.2) is 0 Å². The van der Waals surface area contributed by atoms with Crippen LogP contribution in [0.5, 0.6) is 0 Å². The molecule has 0 saturated heterocycles. The van der Waals surface area contributed by atoms with E-state index in [-0.39, 0.29) is 0 Å². The third kappa shape index (κ3) is 4.40. The second-order valence-electron chi connectivity index (χ2n) is 3.43. The van der Waals surface area contributed by atoms with Gasteiger partial charge in [0.2, 0.25) is 0 Å². The van der Waals surface area contributed by atoms with E-state index in [0.29, 0.717) is 0 Å².